The van der Waals surface area contributed by atoms with Gasteiger partial charge in [-0.05, 0) is 44.4 Å². The van der Waals surface area contributed by atoms with Crippen molar-refractivity contribution in [3.63, 3.8) is 0 Å². The van der Waals surface area contributed by atoms with E-state index in [-0.39, 0.29) is 49.5 Å². The highest BCUT2D eigenvalue weighted by molar-refractivity contribution is 14.2. The van der Waals surface area contributed by atoms with Crippen molar-refractivity contribution in [2.45, 2.75) is 11.7 Å². The van der Waals surface area contributed by atoms with Crippen LogP contribution in [0, 0.1) is 0 Å². The molecular formula is C17H14INO4S. The van der Waals surface area contributed by atoms with Gasteiger partial charge in [0.25, 0.3) is 5.24 Å². The van der Waals surface area contributed by atoms with Gasteiger partial charge >= 0.3 is 0 Å². The molecule has 124 valence electrons. The first-order valence-corrected chi connectivity index (χ1v) is 10.6. The molecule has 24 heavy (non-hydrogen) atoms. The van der Waals surface area contributed by atoms with Crippen LogP contribution in [-0.2, 0) is 16.0 Å². The summed E-state index contributed by atoms with van der Waals surface area (Å²) in [5.74, 6) is 0.306. The Balaban J connectivity index is 1.53. The van der Waals surface area contributed by atoms with Gasteiger partial charge < -0.3 is 4.74 Å². The Labute approximate surface area is 153 Å². The minimum atomic E-state index is -0.380. The maximum absolute atomic E-state index is 12.0. The van der Waals surface area contributed by atoms with Crippen molar-refractivity contribution < 1.29 is 19.1 Å². The van der Waals surface area contributed by atoms with Crippen molar-refractivity contribution in [3.05, 3.63) is 51.6 Å². The molecule has 1 atom stereocenters. The van der Waals surface area contributed by atoms with Crippen LogP contribution in [-0.4, -0.2) is 32.8 Å². The molecule has 3 rings (SSSR count). The van der Waals surface area contributed by atoms with Gasteiger partial charge in [0, 0.05) is 5.57 Å². The summed E-state index contributed by atoms with van der Waals surface area (Å²) in [5.41, 5.74) is 1.61. The van der Waals surface area contributed by atoms with Gasteiger partial charge in [-0.25, -0.2) is 0 Å². The van der Waals surface area contributed by atoms with Crippen molar-refractivity contribution in [3.8, 4) is 5.75 Å². The van der Waals surface area contributed by atoms with Gasteiger partial charge in [0.1, 0.15) is 5.75 Å². The van der Waals surface area contributed by atoms with Gasteiger partial charge in [-0.2, -0.15) is 0 Å². The van der Waals surface area contributed by atoms with Crippen molar-refractivity contribution in [2.24, 2.45) is 0 Å². The van der Waals surface area contributed by atoms with E-state index in [4.69, 9.17) is 4.74 Å². The number of amides is 2. The number of halogens is 1. The average molecular weight is 455 g/mol. The number of hydrogen-bond acceptors (Lipinski definition) is 5. The quantitative estimate of drug-likeness (QED) is 0.669. The molecule has 1 aromatic carbocycles. The maximum atomic E-state index is 12.0. The molecule has 1 N–H and O–H groups in total. The number of ether oxygens (including phenoxy) is 1. The van der Waals surface area contributed by atoms with Crippen molar-refractivity contribution >= 4 is 53.4 Å². The lowest BCUT2D eigenvalue weighted by Gasteiger charge is -2.09. The highest BCUT2D eigenvalue weighted by atomic mass is 127. The van der Waals surface area contributed by atoms with Gasteiger partial charge in [0.15, 0.2) is 12.4 Å². The number of imide groups is 1. The number of hydrogen-bond donors (Lipinski definition) is 1. The van der Waals surface area contributed by atoms with E-state index in [2.05, 4.69) is 5.32 Å². The first-order valence-electron chi connectivity index (χ1n) is 7.20. The van der Waals surface area contributed by atoms with Crippen molar-refractivity contribution in [1.29, 1.82) is 0 Å². The fourth-order valence-corrected chi connectivity index (χ4v) is 4.48. The second-order valence-electron chi connectivity index (χ2n) is 5.11. The molecule has 0 bridgehead atoms. The van der Waals surface area contributed by atoms with Gasteiger partial charge in [0.05, 0.1) is 5.25 Å². The fraction of sp³-hybridized carbons (Fsp3) is 0.176. The summed E-state index contributed by atoms with van der Waals surface area (Å²) < 4.78 is 9.61. The van der Waals surface area contributed by atoms with E-state index in [0.717, 1.165) is 17.3 Å². The summed E-state index contributed by atoms with van der Waals surface area (Å²) in [6.07, 6.45) is 4.19. The lowest BCUT2D eigenvalue weighted by molar-refractivity contribution is -0.119. The summed E-state index contributed by atoms with van der Waals surface area (Å²) in [5, 5.41) is 1.60. The monoisotopic (exact) mass is 455 g/mol. The predicted molar refractivity (Wildman–Crippen MR) is 103 cm³/mol. The molecule has 2 aliphatic heterocycles. The van der Waals surface area contributed by atoms with E-state index in [1.165, 1.54) is 0 Å². The minimum absolute atomic E-state index is 0.00291. The van der Waals surface area contributed by atoms with Gasteiger partial charge in [-0.3, -0.25) is 19.7 Å². The van der Waals surface area contributed by atoms with E-state index in [9.17, 15) is 14.4 Å². The third kappa shape index (κ3) is 4.41. The number of Topliss-reactive ketones (excluding diaryl/α,β-unsaturated/α-hetero) is 1. The Morgan fingerprint density at radius 1 is 1.25 bits per heavy atom. The summed E-state index contributed by atoms with van der Waals surface area (Å²) in [4.78, 5) is 34.7. The van der Waals surface area contributed by atoms with E-state index < -0.39 is 0 Å². The molecule has 5 nitrogen and oxygen atoms in total. The summed E-state index contributed by atoms with van der Waals surface area (Å²) >= 11 is 0.979. The zero-order valence-corrected chi connectivity index (χ0v) is 15.5. The lowest BCUT2D eigenvalue weighted by atomic mass is 10.1. The smallest absolute Gasteiger partial charge is 0.286 e. The summed E-state index contributed by atoms with van der Waals surface area (Å²) in [6.45, 7) is -0.00291. The lowest BCUT2D eigenvalue weighted by Crippen LogP contribution is -2.25. The zero-order valence-electron chi connectivity index (χ0n) is 12.5. The van der Waals surface area contributed by atoms with Crippen molar-refractivity contribution in [2.75, 3.05) is 6.61 Å². The number of nitrogens with one attached hydrogen (secondary N) is 1. The Bertz CT molecular complexity index is 767. The molecule has 0 aromatic heterocycles. The van der Waals surface area contributed by atoms with E-state index in [0.29, 0.717) is 17.7 Å². The Hall–Kier alpha value is -1.74. The minimum Gasteiger partial charge on any atom is -0.485 e. The third-order valence-corrected chi connectivity index (χ3v) is 5.96. The molecule has 0 aliphatic carbocycles. The van der Waals surface area contributed by atoms with Crippen LogP contribution in [0.5, 0.6) is 5.75 Å². The highest BCUT2D eigenvalue weighted by Gasteiger charge is 2.31. The first-order chi connectivity index (χ1) is 11.6. The Kier molecular flexibility index (Phi) is 5.62. The number of ketones is 1. The van der Waals surface area contributed by atoms with Gasteiger partial charge in [0.2, 0.25) is 5.91 Å². The summed E-state index contributed by atoms with van der Waals surface area (Å²) in [7, 11) is 0. The molecule has 0 spiro atoms. The molecule has 2 aliphatic rings. The van der Waals surface area contributed by atoms with Crippen LogP contribution in [0.25, 0.3) is 0 Å². The second-order valence-corrected chi connectivity index (χ2v) is 8.44. The molecule has 1 fully saturated rings. The molecule has 0 saturated carbocycles. The summed E-state index contributed by atoms with van der Waals surface area (Å²) in [6, 6.07) is 7.22. The van der Waals surface area contributed by atoms with Crippen LogP contribution in [0.4, 0.5) is 4.79 Å². The molecule has 2 heterocycles. The largest absolute Gasteiger partial charge is 0.485 e. The van der Waals surface area contributed by atoms with Crippen LogP contribution in [0.3, 0.4) is 0 Å². The van der Waals surface area contributed by atoms with Crippen LogP contribution in [0.1, 0.15) is 5.56 Å². The standard InChI is InChI=1S/C17H14INO4S/c20-14(12-5-7-18-8-6-12)10-23-13-3-1-11(2-4-13)9-15-16(21)19-17(22)24-15/h1-8,15H,9-10H2,(H,19,21,22). The third-order valence-electron chi connectivity index (χ3n) is 3.43. The van der Waals surface area contributed by atoms with E-state index in [1.54, 1.807) is 12.1 Å². The zero-order chi connectivity index (χ0) is 16.9. The number of rotatable bonds is 6. The topological polar surface area (TPSA) is 72.5 Å². The first kappa shape index (κ1) is 17.1. The van der Waals surface area contributed by atoms with E-state index in [1.807, 2.05) is 32.4 Å². The molecule has 2 amide bonds. The molecule has 1 saturated heterocycles. The molecular weight excluding hydrogens is 441 g/mol. The molecule has 1 aromatic rings. The normalized spacial score (nSPS) is 19.5. The number of carbonyl (C=O) groups is 3. The van der Waals surface area contributed by atoms with Crippen LogP contribution in [0.15, 0.2) is 46.1 Å². The number of thioether (sulfide) groups is 1. The Morgan fingerprint density at radius 3 is 2.67 bits per heavy atom. The number of allylic oxidation sites excluding steroid dienone is 2. The van der Waals surface area contributed by atoms with Crippen LogP contribution < -0.4 is 10.1 Å². The van der Waals surface area contributed by atoms with Crippen molar-refractivity contribution in [1.82, 2.24) is 5.32 Å². The van der Waals surface area contributed by atoms with Crippen LogP contribution in [0.2, 0.25) is 0 Å². The average Bonchev–Trinajstić information content (AvgIpc) is 2.92. The van der Waals surface area contributed by atoms with Crippen LogP contribution >= 0.6 is 32.5 Å². The molecule has 0 radical (unpaired) electrons. The Morgan fingerprint density at radius 2 is 2.04 bits per heavy atom. The van der Waals surface area contributed by atoms with Gasteiger partial charge in [-0.1, -0.05) is 44.6 Å². The predicted octanol–water partition coefficient (Wildman–Crippen LogP) is 2.76. The maximum Gasteiger partial charge on any atom is 0.286 e. The van der Waals surface area contributed by atoms with E-state index >= 15 is 0 Å². The molecule has 7 heteroatoms. The number of benzene rings is 1. The van der Waals surface area contributed by atoms with Gasteiger partial charge in [-0.15, -0.1) is 0 Å². The molecule has 1 unspecified atom stereocenters. The fourth-order valence-electron chi connectivity index (χ4n) is 2.19. The SMILES string of the molecule is O=C1NC(=O)C(Cc2ccc(OCC(=O)C3=CC=IC=C3)cc2)S1. The second kappa shape index (κ2) is 7.89. The highest BCUT2D eigenvalue weighted by Crippen LogP contribution is 2.24. The number of carbonyl (C=O) groups excluding carboxylic acids is 3.